The summed E-state index contributed by atoms with van der Waals surface area (Å²) in [6, 6.07) is 8.70. The molecule has 0 spiro atoms. The highest BCUT2D eigenvalue weighted by Gasteiger charge is 2.26. The Hall–Kier alpha value is -3.00. The van der Waals surface area contributed by atoms with Crippen molar-refractivity contribution in [2.24, 2.45) is 0 Å². The maximum atomic E-state index is 14.9. The molecule has 6 nitrogen and oxygen atoms in total. The van der Waals surface area contributed by atoms with Crippen molar-refractivity contribution >= 4 is 12.0 Å². The van der Waals surface area contributed by atoms with Gasteiger partial charge in [-0.05, 0) is 23.3 Å². The average Bonchev–Trinajstić information content (AvgIpc) is 2.61. The van der Waals surface area contributed by atoms with Crippen LogP contribution in [-0.2, 0) is 16.1 Å². The molecule has 0 aromatic heterocycles. The van der Waals surface area contributed by atoms with Crippen molar-refractivity contribution in [3.8, 4) is 11.1 Å². The SMILES string of the molecule is CON(C)C(=O)C(Cc1cccc(-c2cccc(F)c2)c1F)NC(=O)O. The highest BCUT2D eigenvalue weighted by molar-refractivity contribution is 5.84. The number of hydroxylamine groups is 2. The molecule has 0 saturated heterocycles. The van der Waals surface area contributed by atoms with Gasteiger partial charge in [-0.2, -0.15) is 0 Å². The lowest BCUT2D eigenvalue weighted by atomic mass is 9.98. The summed E-state index contributed by atoms with van der Waals surface area (Å²) in [6.45, 7) is 0. The summed E-state index contributed by atoms with van der Waals surface area (Å²) >= 11 is 0. The summed E-state index contributed by atoms with van der Waals surface area (Å²) < 4.78 is 28.3. The molecular formula is C18H18F2N2O4. The van der Waals surface area contributed by atoms with E-state index in [1.807, 2.05) is 0 Å². The second kappa shape index (κ2) is 8.39. The van der Waals surface area contributed by atoms with E-state index in [1.54, 1.807) is 12.1 Å². The van der Waals surface area contributed by atoms with Gasteiger partial charge in [0.2, 0.25) is 0 Å². The van der Waals surface area contributed by atoms with Crippen molar-refractivity contribution in [2.75, 3.05) is 14.2 Å². The maximum Gasteiger partial charge on any atom is 0.405 e. The van der Waals surface area contributed by atoms with Crippen molar-refractivity contribution in [1.82, 2.24) is 10.4 Å². The second-order valence-electron chi connectivity index (χ2n) is 5.51. The van der Waals surface area contributed by atoms with E-state index in [9.17, 15) is 18.4 Å². The number of benzene rings is 2. The minimum atomic E-state index is -1.42. The van der Waals surface area contributed by atoms with Crippen molar-refractivity contribution < 1.29 is 28.3 Å². The van der Waals surface area contributed by atoms with Gasteiger partial charge >= 0.3 is 6.09 Å². The Morgan fingerprint density at radius 2 is 1.92 bits per heavy atom. The molecule has 26 heavy (non-hydrogen) atoms. The summed E-state index contributed by atoms with van der Waals surface area (Å²) in [6.07, 6.45) is -1.65. The van der Waals surface area contributed by atoms with Crippen LogP contribution in [0, 0.1) is 11.6 Å². The second-order valence-corrected chi connectivity index (χ2v) is 5.51. The molecule has 138 valence electrons. The van der Waals surface area contributed by atoms with E-state index in [0.29, 0.717) is 5.56 Å². The third-order valence-corrected chi connectivity index (χ3v) is 3.82. The molecule has 2 rings (SSSR count). The molecular weight excluding hydrogens is 346 g/mol. The first kappa shape index (κ1) is 19.3. The zero-order valence-electron chi connectivity index (χ0n) is 14.2. The number of nitrogens with zero attached hydrogens (tertiary/aromatic N) is 1. The molecule has 2 aromatic rings. The maximum absolute atomic E-state index is 14.9. The fraction of sp³-hybridized carbons (Fsp3) is 0.222. The van der Waals surface area contributed by atoms with Crippen molar-refractivity contribution in [2.45, 2.75) is 12.5 Å². The quantitative estimate of drug-likeness (QED) is 0.773. The van der Waals surface area contributed by atoms with Gasteiger partial charge in [0.1, 0.15) is 17.7 Å². The van der Waals surface area contributed by atoms with Crippen LogP contribution in [-0.4, -0.2) is 42.4 Å². The molecule has 2 aromatic carbocycles. The van der Waals surface area contributed by atoms with Crippen LogP contribution in [0.3, 0.4) is 0 Å². The van der Waals surface area contributed by atoms with Crippen molar-refractivity contribution in [3.05, 3.63) is 59.7 Å². The molecule has 0 saturated carbocycles. The molecule has 1 atom stereocenters. The number of hydrogen-bond acceptors (Lipinski definition) is 3. The topological polar surface area (TPSA) is 78.9 Å². The van der Waals surface area contributed by atoms with E-state index in [4.69, 9.17) is 9.94 Å². The summed E-state index contributed by atoms with van der Waals surface area (Å²) in [5, 5.41) is 11.9. The summed E-state index contributed by atoms with van der Waals surface area (Å²) in [7, 11) is 2.57. The zero-order chi connectivity index (χ0) is 19.3. The Morgan fingerprint density at radius 3 is 2.54 bits per heavy atom. The zero-order valence-corrected chi connectivity index (χ0v) is 14.2. The van der Waals surface area contributed by atoms with Gasteiger partial charge in [-0.15, -0.1) is 0 Å². The fourth-order valence-electron chi connectivity index (χ4n) is 2.49. The van der Waals surface area contributed by atoms with Crippen LogP contribution >= 0.6 is 0 Å². The first-order valence-electron chi connectivity index (χ1n) is 7.68. The normalized spacial score (nSPS) is 11.7. The predicted molar refractivity (Wildman–Crippen MR) is 90.2 cm³/mol. The van der Waals surface area contributed by atoms with E-state index in [0.717, 1.165) is 5.06 Å². The molecule has 0 radical (unpaired) electrons. The number of likely N-dealkylation sites (N-methyl/N-ethyl adjacent to an activating group) is 1. The molecule has 0 aliphatic rings. The number of halogens is 2. The molecule has 2 N–H and O–H groups in total. The highest BCUT2D eigenvalue weighted by Crippen LogP contribution is 2.26. The van der Waals surface area contributed by atoms with E-state index < -0.39 is 29.7 Å². The average molecular weight is 364 g/mol. The minimum Gasteiger partial charge on any atom is -0.465 e. The van der Waals surface area contributed by atoms with Crippen molar-refractivity contribution in [3.63, 3.8) is 0 Å². The smallest absolute Gasteiger partial charge is 0.405 e. The lowest BCUT2D eigenvalue weighted by Gasteiger charge is -2.22. The standard InChI is InChI=1S/C18H18F2N2O4/c1-22(26-2)17(23)15(21-18(24)25)10-12-6-4-8-14(16(12)20)11-5-3-7-13(19)9-11/h3-9,15,21H,10H2,1-2H3,(H,24,25). The number of carboxylic acid groups (broad SMARTS) is 1. The van der Waals surface area contributed by atoms with E-state index in [2.05, 4.69) is 5.32 Å². The number of carbonyl (C=O) groups is 2. The van der Waals surface area contributed by atoms with Gasteiger partial charge in [-0.25, -0.2) is 18.6 Å². The Morgan fingerprint density at radius 1 is 1.23 bits per heavy atom. The van der Waals surface area contributed by atoms with Gasteiger partial charge in [0.05, 0.1) is 7.11 Å². The van der Waals surface area contributed by atoms with Gasteiger partial charge in [0, 0.05) is 19.0 Å². The highest BCUT2D eigenvalue weighted by atomic mass is 19.1. The van der Waals surface area contributed by atoms with Gasteiger partial charge < -0.3 is 10.4 Å². The number of rotatable bonds is 6. The molecule has 2 amide bonds. The molecule has 0 bridgehead atoms. The third kappa shape index (κ3) is 4.54. The Balaban J connectivity index is 2.36. The first-order chi connectivity index (χ1) is 12.3. The molecule has 8 heteroatoms. The lowest BCUT2D eigenvalue weighted by molar-refractivity contribution is -0.170. The largest absolute Gasteiger partial charge is 0.465 e. The molecule has 1 unspecified atom stereocenters. The number of amides is 2. The summed E-state index contributed by atoms with van der Waals surface area (Å²) in [4.78, 5) is 28.0. The summed E-state index contributed by atoms with van der Waals surface area (Å²) in [5.41, 5.74) is 0.611. The fourth-order valence-corrected chi connectivity index (χ4v) is 2.49. The molecule has 0 heterocycles. The van der Waals surface area contributed by atoms with Crippen LogP contribution < -0.4 is 5.32 Å². The minimum absolute atomic E-state index is 0.114. The van der Waals surface area contributed by atoms with Crippen LogP contribution in [0.15, 0.2) is 42.5 Å². The van der Waals surface area contributed by atoms with Gasteiger partial charge in [-0.3, -0.25) is 9.63 Å². The van der Waals surface area contributed by atoms with E-state index in [-0.39, 0.29) is 17.5 Å². The third-order valence-electron chi connectivity index (χ3n) is 3.82. The van der Waals surface area contributed by atoms with Crippen molar-refractivity contribution in [1.29, 1.82) is 0 Å². The molecule has 0 aliphatic heterocycles. The van der Waals surface area contributed by atoms with Crippen LogP contribution in [0.4, 0.5) is 13.6 Å². The van der Waals surface area contributed by atoms with Crippen LogP contribution in [0.2, 0.25) is 0 Å². The Labute approximate surface area is 149 Å². The van der Waals surface area contributed by atoms with Crippen LogP contribution in [0.5, 0.6) is 0 Å². The Kier molecular flexibility index (Phi) is 6.24. The van der Waals surface area contributed by atoms with Gasteiger partial charge in [0.25, 0.3) is 5.91 Å². The van der Waals surface area contributed by atoms with Gasteiger partial charge in [-0.1, -0.05) is 30.3 Å². The molecule has 0 fully saturated rings. The molecule has 0 aliphatic carbocycles. The van der Waals surface area contributed by atoms with Gasteiger partial charge in [0.15, 0.2) is 0 Å². The van der Waals surface area contributed by atoms with E-state index >= 15 is 0 Å². The monoisotopic (exact) mass is 364 g/mol. The predicted octanol–water partition coefficient (Wildman–Crippen LogP) is 2.83. The number of hydrogen-bond donors (Lipinski definition) is 2. The summed E-state index contributed by atoms with van der Waals surface area (Å²) in [5.74, 6) is -1.83. The van der Waals surface area contributed by atoms with Crippen LogP contribution in [0.25, 0.3) is 11.1 Å². The van der Waals surface area contributed by atoms with Crippen LogP contribution in [0.1, 0.15) is 5.56 Å². The van der Waals surface area contributed by atoms with E-state index in [1.165, 1.54) is 44.5 Å². The number of carbonyl (C=O) groups excluding carboxylic acids is 1. The lowest BCUT2D eigenvalue weighted by Crippen LogP contribution is -2.48. The Bertz CT molecular complexity index is 814. The number of nitrogens with one attached hydrogen (secondary N) is 1. The first-order valence-corrected chi connectivity index (χ1v) is 7.68.